The van der Waals surface area contributed by atoms with E-state index in [4.69, 9.17) is 0 Å². The van der Waals surface area contributed by atoms with Gasteiger partial charge in [0.25, 0.3) is 5.91 Å². The number of carbonyl (C=O) groups excluding carboxylic acids is 2. The van der Waals surface area contributed by atoms with Gasteiger partial charge in [-0.1, -0.05) is 19.4 Å². The van der Waals surface area contributed by atoms with Crippen LogP contribution < -0.4 is 10.2 Å². The van der Waals surface area contributed by atoms with Crippen molar-refractivity contribution in [3.63, 3.8) is 0 Å². The summed E-state index contributed by atoms with van der Waals surface area (Å²) >= 11 is 0. The minimum atomic E-state index is -0.0902. The summed E-state index contributed by atoms with van der Waals surface area (Å²) in [5.74, 6) is 0.577. The Balaban J connectivity index is 1.85. The number of hydrogen-bond acceptors (Lipinski definition) is 3. The summed E-state index contributed by atoms with van der Waals surface area (Å²) in [6, 6.07) is 5.98. The van der Waals surface area contributed by atoms with Crippen molar-refractivity contribution in [1.82, 2.24) is 15.1 Å². The van der Waals surface area contributed by atoms with Gasteiger partial charge in [0.2, 0.25) is 0 Å². The lowest BCUT2D eigenvalue weighted by Gasteiger charge is -2.24. The molecule has 3 rings (SSSR count). The summed E-state index contributed by atoms with van der Waals surface area (Å²) in [4.78, 5) is 31.0. The van der Waals surface area contributed by atoms with Crippen LogP contribution in [0.15, 0.2) is 18.2 Å². The number of nitrogens with zero attached hydrogens (tertiary/aromatic N) is 3. The third-order valence-corrected chi connectivity index (χ3v) is 5.56. The van der Waals surface area contributed by atoms with E-state index in [0.29, 0.717) is 30.6 Å². The zero-order valence-corrected chi connectivity index (χ0v) is 15.6. The molecule has 2 heterocycles. The standard InChI is InChI=1S/C19H28N4O2/c1-5-14-11-22(12-17(14)21(3)4)18(24)15-7-6-8-16(13(15)2)23-10-9-20-19(23)25/h6-8,14,17H,5,9-12H2,1-4H3,(H,20,25). The Morgan fingerprint density at radius 2 is 2.08 bits per heavy atom. The van der Waals surface area contributed by atoms with Gasteiger partial charge in [0.1, 0.15) is 0 Å². The molecule has 25 heavy (non-hydrogen) atoms. The van der Waals surface area contributed by atoms with Crippen molar-refractivity contribution in [2.45, 2.75) is 26.3 Å². The first-order chi connectivity index (χ1) is 11.9. The normalized spacial score (nSPS) is 23.5. The largest absolute Gasteiger partial charge is 0.337 e. The molecular formula is C19H28N4O2. The highest BCUT2D eigenvalue weighted by Crippen LogP contribution is 2.29. The van der Waals surface area contributed by atoms with E-state index in [1.165, 1.54) is 0 Å². The van der Waals surface area contributed by atoms with E-state index in [1.54, 1.807) is 4.90 Å². The van der Waals surface area contributed by atoms with Gasteiger partial charge < -0.3 is 15.1 Å². The maximum absolute atomic E-state index is 13.1. The predicted octanol–water partition coefficient (Wildman–Crippen LogP) is 1.94. The number of benzene rings is 1. The number of rotatable bonds is 4. The monoisotopic (exact) mass is 344 g/mol. The molecule has 2 atom stereocenters. The van der Waals surface area contributed by atoms with E-state index in [-0.39, 0.29) is 11.9 Å². The van der Waals surface area contributed by atoms with Crippen LogP contribution in [0.1, 0.15) is 29.3 Å². The van der Waals surface area contributed by atoms with Crippen molar-refractivity contribution < 1.29 is 9.59 Å². The summed E-state index contributed by atoms with van der Waals surface area (Å²) in [6.45, 7) is 6.97. The Morgan fingerprint density at radius 3 is 2.64 bits per heavy atom. The predicted molar refractivity (Wildman–Crippen MR) is 99.1 cm³/mol. The zero-order chi connectivity index (χ0) is 18.1. The van der Waals surface area contributed by atoms with Crippen molar-refractivity contribution in [2.24, 2.45) is 5.92 Å². The third-order valence-electron chi connectivity index (χ3n) is 5.56. The zero-order valence-electron chi connectivity index (χ0n) is 15.6. The van der Waals surface area contributed by atoms with Crippen molar-refractivity contribution >= 4 is 17.6 Å². The van der Waals surface area contributed by atoms with Gasteiger partial charge in [-0.15, -0.1) is 0 Å². The van der Waals surface area contributed by atoms with Crippen LogP contribution >= 0.6 is 0 Å². The highest BCUT2D eigenvalue weighted by molar-refractivity contribution is 6.00. The van der Waals surface area contributed by atoms with Crippen LogP contribution in [-0.4, -0.2) is 68.1 Å². The molecule has 1 aromatic rings. The number of nitrogens with one attached hydrogen (secondary N) is 1. The lowest BCUT2D eigenvalue weighted by atomic mass is 10.0. The fourth-order valence-corrected chi connectivity index (χ4v) is 4.03. The average molecular weight is 344 g/mol. The first-order valence-electron chi connectivity index (χ1n) is 9.04. The Bertz CT molecular complexity index is 673. The number of carbonyl (C=O) groups is 2. The number of anilines is 1. The SMILES string of the molecule is CCC1CN(C(=O)c2cccc(N3CCNC3=O)c2C)CC1N(C)C. The molecule has 1 aromatic carbocycles. The van der Waals surface area contributed by atoms with E-state index >= 15 is 0 Å². The van der Waals surface area contributed by atoms with Crippen LogP contribution in [0.25, 0.3) is 0 Å². The molecule has 0 aliphatic carbocycles. The van der Waals surface area contributed by atoms with Crippen molar-refractivity contribution in [1.29, 1.82) is 0 Å². The number of amides is 3. The molecule has 2 aliphatic rings. The van der Waals surface area contributed by atoms with Gasteiger partial charge in [-0.2, -0.15) is 0 Å². The topological polar surface area (TPSA) is 55.9 Å². The molecule has 2 aliphatic heterocycles. The van der Waals surface area contributed by atoms with E-state index in [1.807, 2.05) is 30.0 Å². The summed E-state index contributed by atoms with van der Waals surface area (Å²) in [5.41, 5.74) is 2.41. The van der Waals surface area contributed by atoms with Crippen molar-refractivity contribution in [3.8, 4) is 0 Å². The Labute approximate surface area is 149 Å². The van der Waals surface area contributed by atoms with Crippen LogP contribution in [0.5, 0.6) is 0 Å². The van der Waals surface area contributed by atoms with Crippen LogP contribution in [0.3, 0.4) is 0 Å². The van der Waals surface area contributed by atoms with E-state index in [0.717, 1.165) is 30.8 Å². The molecular weight excluding hydrogens is 316 g/mol. The molecule has 2 fully saturated rings. The molecule has 2 unspecified atom stereocenters. The van der Waals surface area contributed by atoms with Crippen LogP contribution in [0.4, 0.5) is 10.5 Å². The third kappa shape index (κ3) is 3.23. The second kappa shape index (κ2) is 7.04. The number of hydrogen-bond donors (Lipinski definition) is 1. The molecule has 1 N–H and O–H groups in total. The fraction of sp³-hybridized carbons (Fsp3) is 0.579. The second-order valence-corrected chi connectivity index (χ2v) is 7.24. The molecule has 0 spiro atoms. The van der Waals surface area contributed by atoms with Crippen LogP contribution in [0.2, 0.25) is 0 Å². The van der Waals surface area contributed by atoms with Gasteiger partial charge in [0.05, 0.1) is 0 Å². The van der Waals surface area contributed by atoms with Gasteiger partial charge in [-0.25, -0.2) is 4.79 Å². The lowest BCUT2D eigenvalue weighted by Crippen LogP contribution is -2.36. The van der Waals surface area contributed by atoms with Gasteiger partial charge >= 0.3 is 6.03 Å². The molecule has 136 valence electrons. The van der Waals surface area contributed by atoms with Crippen LogP contribution in [-0.2, 0) is 0 Å². The molecule has 6 heteroatoms. The minimum absolute atomic E-state index is 0.0711. The fourth-order valence-electron chi connectivity index (χ4n) is 4.03. The smallest absolute Gasteiger partial charge is 0.322 e. The van der Waals surface area contributed by atoms with Gasteiger partial charge in [0.15, 0.2) is 0 Å². The quantitative estimate of drug-likeness (QED) is 0.908. The number of likely N-dealkylation sites (tertiary alicyclic amines) is 1. The van der Waals surface area contributed by atoms with E-state index < -0.39 is 0 Å². The summed E-state index contributed by atoms with van der Waals surface area (Å²) in [5, 5.41) is 2.82. The Hall–Kier alpha value is -2.08. The van der Waals surface area contributed by atoms with Gasteiger partial charge in [0, 0.05) is 43.5 Å². The number of urea groups is 1. The molecule has 0 bridgehead atoms. The molecule has 3 amide bonds. The van der Waals surface area contributed by atoms with Gasteiger partial charge in [-0.05, 0) is 44.6 Å². The van der Waals surface area contributed by atoms with Crippen LogP contribution in [0, 0.1) is 12.8 Å². The Kier molecular flexibility index (Phi) is 4.99. The van der Waals surface area contributed by atoms with E-state index in [9.17, 15) is 9.59 Å². The maximum Gasteiger partial charge on any atom is 0.322 e. The first-order valence-corrected chi connectivity index (χ1v) is 9.04. The highest BCUT2D eigenvalue weighted by atomic mass is 16.2. The molecule has 6 nitrogen and oxygen atoms in total. The highest BCUT2D eigenvalue weighted by Gasteiger charge is 2.36. The van der Waals surface area contributed by atoms with Crippen molar-refractivity contribution in [2.75, 3.05) is 45.2 Å². The second-order valence-electron chi connectivity index (χ2n) is 7.24. The lowest BCUT2D eigenvalue weighted by molar-refractivity contribution is 0.0780. The molecule has 0 saturated carbocycles. The molecule has 0 aromatic heterocycles. The van der Waals surface area contributed by atoms with Crippen molar-refractivity contribution in [3.05, 3.63) is 29.3 Å². The average Bonchev–Trinajstić information content (AvgIpc) is 3.20. The maximum atomic E-state index is 13.1. The summed E-state index contributed by atoms with van der Waals surface area (Å²) in [7, 11) is 4.17. The van der Waals surface area contributed by atoms with Gasteiger partial charge in [-0.3, -0.25) is 9.69 Å². The minimum Gasteiger partial charge on any atom is -0.337 e. The molecule has 0 radical (unpaired) electrons. The first kappa shape index (κ1) is 17.7. The summed E-state index contributed by atoms with van der Waals surface area (Å²) < 4.78 is 0. The molecule has 2 saturated heterocycles. The van der Waals surface area contributed by atoms with E-state index in [2.05, 4.69) is 31.2 Å². The number of likely N-dealkylation sites (N-methyl/N-ethyl adjacent to an activating group) is 1. The summed E-state index contributed by atoms with van der Waals surface area (Å²) in [6.07, 6.45) is 1.07. The Morgan fingerprint density at radius 1 is 1.32 bits per heavy atom.